The Bertz CT molecular complexity index is 368. The molecular formula is C12H20N2S. The first kappa shape index (κ1) is 11.1. The molecule has 1 aliphatic rings. The second-order valence-electron chi connectivity index (χ2n) is 5.31. The summed E-state index contributed by atoms with van der Waals surface area (Å²) in [5.41, 5.74) is 1.73. The first-order valence-electron chi connectivity index (χ1n) is 5.60. The van der Waals surface area contributed by atoms with E-state index in [1.807, 2.05) is 0 Å². The quantitative estimate of drug-likeness (QED) is 0.853. The van der Waals surface area contributed by atoms with Gasteiger partial charge in [0, 0.05) is 17.0 Å². The number of aryl methyl sites for hydroxylation is 2. The van der Waals surface area contributed by atoms with Crippen molar-refractivity contribution in [1.29, 1.82) is 0 Å². The lowest BCUT2D eigenvalue weighted by molar-refractivity contribution is 0.485. The van der Waals surface area contributed by atoms with Crippen LogP contribution in [0.2, 0.25) is 0 Å². The fourth-order valence-electron chi connectivity index (χ4n) is 2.08. The Kier molecular flexibility index (Phi) is 2.63. The van der Waals surface area contributed by atoms with E-state index in [1.54, 1.807) is 11.3 Å². The van der Waals surface area contributed by atoms with E-state index in [1.165, 1.54) is 22.0 Å². The van der Waals surface area contributed by atoms with Crippen LogP contribution in [0.3, 0.4) is 0 Å². The maximum absolute atomic E-state index is 4.59. The predicted molar refractivity (Wildman–Crippen MR) is 65.3 cm³/mol. The smallest absolute Gasteiger partial charge is 0.0900 e. The van der Waals surface area contributed by atoms with Crippen LogP contribution in [-0.4, -0.2) is 11.0 Å². The number of hydrogen-bond acceptors (Lipinski definition) is 3. The van der Waals surface area contributed by atoms with Crippen LogP contribution in [0.5, 0.6) is 0 Å². The van der Waals surface area contributed by atoms with Gasteiger partial charge in [-0.1, -0.05) is 13.8 Å². The molecule has 1 aromatic heterocycles. The molecule has 2 unspecified atom stereocenters. The summed E-state index contributed by atoms with van der Waals surface area (Å²) in [6.07, 6.45) is 1.29. The highest BCUT2D eigenvalue weighted by atomic mass is 32.1. The number of hydrogen-bond donors (Lipinski definition) is 1. The maximum atomic E-state index is 4.59. The molecule has 0 aromatic carbocycles. The number of nitrogens with zero attached hydrogens (tertiary/aromatic N) is 1. The lowest BCUT2D eigenvalue weighted by atomic mass is 10.1. The highest BCUT2D eigenvalue weighted by Gasteiger charge is 2.46. The highest BCUT2D eigenvalue weighted by molar-refractivity contribution is 7.11. The fraction of sp³-hybridized carbons (Fsp3) is 0.750. The molecule has 1 aliphatic carbocycles. The lowest BCUT2D eigenvalue weighted by Gasteiger charge is -2.13. The van der Waals surface area contributed by atoms with Crippen LogP contribution in [-0.2, 0) is 0 Å². The molecular weight excluding hydrogens is 204 g/mol. The molecule has 0 bridgehead atoms. The van der Waals surface area contributed by atoms with E-state index in [0.29, 0.717) is 17.5 Å². The van der Waals surface area contributed by atoms with E-state index < -0.39 is 0 Å². The maximum Gasteiger partial charge on any atom is 0.0900 e. The molecule has 0 amide bonds. The van der Waals surface area contributed by atoms with Crippen molar-refractivity contribution in [3.63, 3.8) is 0 Å². The Balaban J connectivity index is 2.02. The zero-order chi connectivity index (χ0) is 11.2. The molecule has 1 saturated carbocycles. The zero-order valence-electron chi connectivity index (χ0n) is 10.2. The lowest BCUT2D eigenvalue weighted by Crippen LogP contribution is -2.24. The molecule has 1 N–H and O–H groups in total. The molecule has 0 aliphatic heterocycles. The minimum absolute atomic E-state index is 0.390. The van der Waals surface area contributed by atoms with Crippen molar-refractivity contribution in [2.24, 2.45) is 5.41 Å². The molecule has 0 spiro atoms. The average molecular weight is 224 g/mol. The first-order valence-corrected chi connectivity index (χ1v) is 6.42. The van der Waals surface area contributed by atoms with E-state index in [2.05, 4.69) is 44.9 Å². The highest BCUT2D eigenvalue weighted by Crippen LogP contribution is 2.45. The fourth-order valence-corrected chi connectivity index (χ4v) is 2.99. The summed E-state index contributed by atoms with van der Waals surface area (Å²) in [6.45, 7) is 11.1. The summed E-state index contributed by atoms with van der Waals surface area (Å²) in [7, 11) is 0. The van der Waals surface area contributed by atoms with Gasteiger partial charge in [-0.05, 0) is 32.6 Å². The third-order valence-electron chi connectivity index (χ3n) is 3.31. The largest absolute Gasteiger partial charge is 0.305 e. The SMILES string of the molecule is Cc1nc(C(C)NC2CC2(C)C)c(C)s1. The summed E-state index contributed by atoms with van der Waals surface area (Å²) in [4.78, 5) is 5.95. The van der Waals surface area contributed by atoms with Crippen LogP contribution in [0.4, 0.5) is 0 Å². The van der Waals surface area contributed by atoms with Crippen LogP contribution in [0.25, 0.3) is 0 Å². The Morgan fingerprint density at radius 3 is 2.47 bits per heavy atom. The normalized spacial score (nSPS) is 25.3. The van der Waals surface area contributed by atoms with Crippen molar-refractivity contribution in [3.8, 4) is 0 Å². The van der Waals surface area contributed by atoms with E-state index in [-0.39, 0.29) is 0 Å². The van der Waals surface area contributed by atoms with Crippen molar-refractivity contribution in [3.05, 3.63) is 15.6 Å². The van der Waals surface area contributed by atoms with Crippen molar-refractivity contribution < 1.29 is 0 Å². The third kappa shape index (κ3) is 2.23. The second kappa shape index (κ2) is 3.56. The van der Waals surface area contributed by atoms with E-state index in [0.717, 1.165) is 0 Å². The average Bonchev–Trinajstić information content (AvgIpc) is 2.53. The van der Waals surface area contributed by atoms with Gasteiger partial charge < -0.3 is 5.32 Å². The van der Waals surface area contributed by atoms with Crippen LogP contribution < -0.4 is 5.32 Å². The van der Waals surface area contributed by atoms with Gasteiger partial charge in [0.15, 0.2) is 0 Å². The second-order valence-corrected chi connectivity index (χ2v) is 6.72. The first-order chi connectivity index (χ1) is 6.90. The molecule has 1 fully saturated rings. The van der Waals surface area contributed by atoms with Crippen LogP contribution in [0.15, 0.2) is 0 Å². The van der Waals surface area contributed by atoms with Gasteiger partial charge in [0.1, 0.15) is 0 Å². The van der Waals surface area contributed by atoms with Crippen molar-refractivity contribution in [2.75, 3.05) is 0 Å². The number of aromatic nitrogens is 1. The Morgan fingerprint density at radius 2 is 2.07 bits per heavy atom. The van der Waals surface area contributed by atoms with Crippen LogP contribution in [0, 0.1) is 19.3 Å². The Hall–Kier alpha value is -0.410. The molecule has 84 valence electrons. The van der Waals surface area contributed by atoms with E-state index >= 15 is 0 Å². The summed E-state index contributed by atoms with van der Waals surface area (Å²) >= 11 is 1.79. The topological polar surface area (TPSA) is 24.9 Å². The molecule has 0 radical (unpaired) electrons. The standard InChI is InChI=1S/C12H20N2S/c1-7(13-10-6-12(10,4)5)11-8(2)15-9(3)14-11/h7,10,13H,6H2,1-5H3. The van der Waals surface area contributed by atoms with Gasteiger partial charge in [-0.15, -0.1) is 11.3 Å². The molecule has 2 atom stereocenters. The van der Waals surface area contributed by atoms with E-state index in [4.69, 9.17) is 0 Å². The van der Waals surface area contributed by atoms with Gasteiger partial charge in [-0.3, -0.25) is 0 Å². The van der Waals surface area contributed by atoms with Gasteiger partial charge in [-0.25, -0.2) is 4.98 Å². The van der Waals surface area contributed by atoms with Crippen molar-refractivity contribution in [1.82, 2.24) is 10.3 Å². The molecule has 1 aromatic rings. The molecule has 2 nitrogen and oxygen atoms in total. The summed E-state index contributed by atoms with van der Waals surface area (Å²) < 4.78 is 0. The minimum Gasteiger partial charge on any atom is -0.305 e. The summed E-state index contributed by atoms with van der Waals surface area (Å²) in [5.74, 6) is 0. The summed E-state index contributed by atoms with van der Waals surface area (Å²) in [6, 6.07) is 1.07. The number of rotatable bonds is 3. The van der Waals surface area contributed by atoms with Crippen LogP contribution >= 0.6 is 11.3 Å². The predicted octanol–water partition coefficient (Wildman–Crippen LogP) is 3.21. The van der Waals surface area contributed by atoms with Gasteiger partial charge in [0.25, 0.3) is 0 Å². The van der Waals surface area contributed by atoms with Gasteiger partial charge in [0.2, 0.25) is 0 Å². The van der Waals surface area contributed by atoms with Crippen LogP contribution in [0.1, 0.15) is 48.8 Å². The Morgan fingerprint density at radius 1 is 1.47 bits per heavy atom. The van der Waals surface area contributed by atoms with Gasteiger partial charge in [-0.2, -0.15) is 0 Å². The Labute approximate surface area is 96.1 Å². The molecule has 1 heterocycles. The molecule has 3 heteroatoms. The van der Waals surface area contributed by atoms with Gasteiger partial charge >= 0.3 is 0 Å². The monoisotopic (exact) mass is 224 g/mol. The molecule has 15 heavy (non-hydrogen) atoms. The number of nitrogens with one attached hydrogen (secondary N) is 1. The zero-order valence-corrected chi connectivity index (χ0v) is 11.0. The van der Waals surface area contributed by atoms with E-state index in [9.17, 15) is 0 Å². The third-order valence-corrected chi connectivity index (χ3v) is 4.22. The molecule has 2 rings (SSSR count). The van der Waals surface area contributed by atoms with Crippen molar-refractivity contribution >= 4 is 11.3 Å². The van der Waals surface area contributed by atoms with Gasteiger partial charge in [0.05, 0.1) is 10.7 Å². The minimum atomic E-state index is 0.390. The van der Waals surface area contributed by atoms with Crippen molar-refractivity contribution in [2.45, 2.75) is 53.1 Å². The number of thiazole rings is 1. The molecule has 0 saturated heterocycles. The summed E-state index contributed by atoms with van der Waals surface area (Å²) in [5, 5.41) is 4.83.